The highest BCUT2D eigenvalue weighted by Gasteiger charge is 2.33. The minimum absolute atomic E-state index is 0.0636. The van der Waals surface area contributed by atoms with Gasteiger partial charge in [-0.15, -0.1) is 0 Å². The second-order valence-corrected chi connectivity index (χ2v) is 9.01. The molecule has 1 aliphatic carbocycles. The molecule has 0 saturated heterocycles. The minimum Gasteiger partial charge on any atom is -0.381 e. The molecule has 1 saturated carbocycles. The molecule has 188 valence electrons. The van der Waals surface area contributed by atoms with E-state index >= 15 is 0 Å². The predicted octanol–water partition coefficient (Wildman–Crippen LogP) is 3.05. The zero-order valence-corrected chi connectivity index (χ0v) is 19.9. The Labute approximate surface area is 213 Å². The summed E-state index contributed by atoms with van der Waals surface area (Å²) in [6.45, 7) is 0. The molecule has 2 unspecified atom stereocenters. The number of halogens is 1. The van der Waals surface area contributed by atoms with Crippen molar-refractivity contribution in [2.45, 2.75) is 37.5 Å². The zero-order valence-electron chi connectivity index (χ0n) is 19.9. The van der Waals surface area contributed by atoms with E-state index in [0.29, 0.717) is 5.56 Å². The Morgan fingerprint density at radius 1 is 1.03 bits per heavy atom. The summed E-state index contributed by atoms with van der Waals surface area (Å²) in [5.74, 6) is -1.54. The van der Waals surface area contributed by atoms with Gasteiger partial charge in [0.2, 0.25) is 0 Å². The van der Waals surface area contributed by atoms with E-state index in [1.807, 2.05) is 36.4 Å². The van der Waals surface area contributed by atoms with Crippen molar-refractivity contribution in [3.8, 4) is 17.1 Å². The normalized spacial score (nSPS) is 14.5. The standard InChI is InChI=1S/C28H26FN5O3/c29-22-17-34(33-24(22)19-10-5-2-6-11-19)26-21(12-7-15-30-26)27(36)32-23(16-18-8-3-1-4-9-18)25(35)28(37)31-20-13-14-20/h1-12,15,17,20,23,25,35H,13-14,16H2,(H,31,37)(H,32,36). The highest BCUT2D eigenvalue weighted by atomic mass is 19.1. The van der Waals surface area contributed by atoms with Crippen LogP contribution in [0, 0.1) is 5.82 Å². The first-order valence-electron chi connectivity index (χ1n) is 12.1. The third kappa shape index (κ3) is 5.73. The van der Waals surface area contributed by atoms with Crippen LogP contribution < -0.4 is 10.6 Å². The number of carbonyl (C=O) groups is 2. The van der Waals surface area contributed by atoms with Crippen molar-refractivity contribution in [3.05, 3.63) is 102 Å². The van der Waals surface area contributed by atoms with Crippen molar-refractivity contribution in [1.82, 2.24) is 25.4 Å². The Hall–Kier alpha value is -4.37. The third-order valence-electron chi connectivity index (χ3n) is 6.15. The monoisotopic (exact) mass is 499 g/mol. The van der Waals surface area contributed by atoms with Crippen molar-refractivity contribution in [3.63, 3.8) is 0 Å². The van der Waals surface area contributed by atoms with Crippen LogP contribution in [0.1, 0.15) is 28.8 Å². The summed E-state index contributed by atoms with van der Waals surface area (Å²) in [5.41, 5.74) is 1.69. The number of aliphatic hydroxyl groups is 1. The Kier molecular flexibility index (Phi) is 7.04. The Morgan fingerprint density at radius 3 is 2.43 bits per heavy atom. The molecule has 0 bridgehead atoms. The average molecular weight is 500 g/mol. The molecule has 3 N–H and O–H groups in total. The van der Waals surface area contributed by atoms with E-state index in [-0.39, 0.29) is 29.5 Å². The summed E-state index contributed by atoms with van der Waals surface area (Å²) in [6, 6.07) is 20.4. The first-order chi connectivity index (χ1) is 18.0. The maximum absolute atomic E-state index is 14.8. The maximum Gasteiger partial charge on any atom is 0.255 e. The lowest BCUT2D eigenvalue weighted by Gasteiger charge is -2.24. The van der Waals surface area contributed by atoms with Crippen LogP contribution in [0.15, 0.2) is 85.2 Å². The van der Waals surface area contributed by atoms with E-state index in [0.717, 1.165) is 18.4 Å². The predicted molar refractivity (Wildman–Crippen MR) is 135 cm³/mol. The van der Waals surface area contributed by atoms with E-state index in [1.165, 1.54) is 23.1 Å². The Morgan fingerprint density at radius 2 is 1.73 bits per heavy atom. The summed E-state index contributed by atoms with van der Waals surface area (Å²) in [7, 11) is 0. The molecular formula is C28H26FN5O3. The van der Waals surface area contributed by atoms with Crippen LogP contribution in [-0.4, -0.2) is 49.9 Å². The van der Waals surface area contributed by atoms with Crippen LogP contribution in [-0.2, 0) is 11.2 Å². The van der Waals surface area contributed by atoms with Crippen molar-refractivity contribution in [2.24, 2.45) is 0 Å². The number of amides is 2. The number of nitrogens with one attached hydrogen (secondary N) is 2. The quantitative estimate of drug-likeness (QED) is 0.328. The molecule has 2 aromatic carbocycles. The van der Waals surface area contributed by atoms with Crippen molar-refractivity contribution in [2.75, 3.05) is 0 Å². The van der Waals surface area contributed by atoms with Gasteiger partial charge in [-0.3, -0.25) is 9.59 Å². The number of aliphatic hydroxyl groups excluding tert-OH is 1. The van der Waals surface area contributed by atoms with E-state index in [4.69, 9.17) is 0 Å². The van der Waals surface area contributed by atoms with Gasteiger partial charge in [-0.25, -0.2) is 14.1 Å². The van der Waals surface area contributed by atoms with Gasteiger partial charge in [0.15, 0.2) is 17.7 Å². The minimum atomic E-state index is -1.46. The fourth-order valence-corrected chi connectivity index (χ4v) is 4.06. The molecule has 2 aromatic heterocycles. The summed E-state index contributed by atoms with van der Waals surface area (Å²) in [6.07, 6.45) is 3.16. The van der Waals surface area contributed by atoms with Gasteiger partial charge in [-0.2, -0.15) is 5.10 Å². The molecule has 37 heavy (non-hydrogen) atoms. The van der Waals surface area contributed by atoms with Gasteiger partial charge in [-0.05, 0) is 37.0 Å². The Balaban J connectivity index is 1.42. The molecule has 9 heteroatoms. The SMILES string of the molecule is O=C(NC(Cc1ccccc1)C(O)C(=O)NC1CC1)c1cccnc1-n1cc(F)c(-c2ccccc2)n1. The number of hydrogen-bond donors (Lipinski definition) is 3. The summed E-state index contributed by atoms with van der Waals surface area (Å²) in [4.78, 5) is 30.3. The second-order valence-electron chi connectivity index (χ2n) is 9.01. The smallest absolute Gasteiger partial charge is 0.255 e. The van der Waals surface area contributed by atoms with Crippen molar-refractivity contribution in [1.29, 1.82) is 0 Å². The van der Waals surface area contributed by atoms with Crippen molar-refractivity contribution < 1.29 is 19.1 Å². The van der Waals surface area contributed by atoms with Crippen molar-refractivity contribution >= 4 is 11.8 Å². The molecular weight excluding hydrogens is 473 g/mol. The zero-order chi connectivity index (χ0) is 25.8. The molecule has 2 heterocycles. The summed E-state index contributed by atoms with van der Waals surface area (Å²) >= 11 is 0. The number of pyridine rings is 1. The van der Waals surface area contributed by atoms with Crippen LogP contribution >= 0.6 is 0 Å². The van der Waals surface area contributed by atoms with Gasteiger partial charge in [0.25, 0.3) is 11.8 Å². The first-order valence-corrected chi connectivity index (χ1v) is 12.1. The van der Waals surface area contributed by atoms with E-state index in [2.05, 4.69) is 20.7 Å². The number of aromatic nitrogens is 3. The highest BCUT2D eigenvalue weighted by molar-refractivity contribution is 5.97. The van der Waals surface area contributed by atoms with Gasteiger partial charge in [-0.1, -0.05) is 60.7 Å². The molecule has 8 nitrogen and oxygen atoms in total. The van der Waals surface area contributed by atoms with Gasteiger partial charge < -0.3 is 15.7 Å². The molecule has 5 rings (SSSR count). The van der Waals surface area contributed by atoms with E-state index in [1.54, 1.807) is 30.3 Å². The van der Waals surface area contributed by atoms with Crippen LogP contribution in [0.25, 0.3) is 17.1 Å². The van der Waals surface area contributed by atoms with Gasteiger partial charge in [0, 0.05) is 17.8 Å². The lowest BCUT2D eigenvalue weighted by Crippen LogP contribution is -2.52. The fraction of sp³-hybridized carbons (Fsp3) is 0.214. The molecule has 0 aliphatic heterocycles. The summed E-state index contributed by atoms with van der Waals surface area (Å²) in [5, 5.41) is 20.8. The lowest BCUT2D eigenvalue weighted by atomic mass is 10.00. The number of carbonyl (C=O) groups excluding carboxylic acids is 2. The molecule has 4 aromatic rings. The van der Waals surface area contributed by atoms with E-state index < -0.39 is 29.8 Å². The van der Waals surface area contributed by atoms with Crippen LogP contribution in [0.5, 0.6) is 0 Å². The largest absolute Gasteiger partial charge is 0.381 e. The lowest BCUT2D eigenvalue weighted by molar-refractivity contribution is -0.130. The van der Waals surface area contributed by atoms with Gasteiger partial charge in [0.05, 0.1) is 17.8 Å². The number of nitrogens with zero attached hydrogens (tertiary/aromatic N) is 3. The molecule has 2 amide bonds. The first kappa shape index (κ1) is 24.3. The fourth-order valence-electron chi connectivity index (χ4n) is 4.06. The third-order valence-corrected chi connectivity index (χ3v) is 6.15. The van der Waals surface area contributed by atoms with Gasteiger partial charge in [0.1, 0.15) is 5.69 Å². The average Bonchev–Trinajstić information content (AvgIpc) is 3.66. The van der Waals surface area contributed by atoms with Crippen LogP contribution in [0.4, 0.5) is 4.39 Å². The van der Waals surface area contributed by atoms with E-state index in [9.17, 15) is 19.1 Å². The molecule has 0 radical (unpaired) electrons. The number of benzene rings is 2. The topological polar surface area (TPSA) is 109 Å². The van der Waals surface area contributed by atoms with Gasteiger partial charge >= 0.3 is 0 Å². The number of hydrogen-bond acceptors (Lipinski definition) is 5. The van der Waals surface area contributed by atoms with Crippen LogP contribution in [0.2, 0.25) is 0 Å². The molecule has 0 spiro atoms. The van der Waals surface area contributed by atoms with Crippen LogP contribution in [0.3, 0.4) is 0 Å². The Bertz CT molecular complexity index is 1390. The maximum atomic E-state index is 14.8. The summed E-state index contributed by atoms with van der Waals surface area (Å²) < 4.78 is 16.0. The number of rotatable bonds is 9. The highest BCUT2D eigenvalue weighted by Crippen LogP contribution is 2.23. The second kappa shape index (κ2) is 10.7. The molecule has 2 atom stereocenters. The molecule has 1 fully saturated rings. The molecule has 1 aliphatic rings.